The summed E-state index contributed by atoms with van der Waals surface area (Å²) in [5.74, 6) is 2.68. The lowest BCUT2D eigenvalue weighted by Crippen LogP contribution is -2.05. The number of anilines is 3. The number of nitrogens with one attached hydrogen (secondary N) is 2. The van der Waals surface area contributed by atoms with Gasteiger partial charge in [-0.05, 0) is 6.92 Å². The fraction of sp³-hybridized carbons (Fsp3) is 0.462. The Kier molecular flexibility index (Phi) is 3.69. The highest BCUT2D eigenvalue weighted by atomic mass is 15.3. The molecule has 0 saturated carbocycles. The third-order valence-electron chi connectivity index (χ3n) is 2.79. The highest BCUT2D eigenvalue weighted by Gasteiger charge is 2.09. The first-order valence-electron chi connectivity index (χ1n) is 6.33. The molecular formula is C13H20N6. The fourth-order valence-electron chi connectivity index (χ4n) is 1.78. The summed E-state index contributed by atoms with van der Waals surface area (Å²) in [5.41, 5.74) is 1.90. The molecule has 0 aromatic carbocycles. The van der Waals surface area contributed by atoms with Crippen LogP contribution in [-0.4, -0.2) is 26.8 Å². The van der Waals surface area contributed by atoms with Crippen molar-refractivity contribution in [2.24, 2.45) is 7.05 Å². The minimum Gasteiger partial charge on any atom is -0.373 e. The van der Waals surface area contributed by atoms with Crippen LogP contribution >= 0.6 is 0 Å². The summed E-state index contributed by atoms with van der Waals surface area (Å²) in [7, 11) is 3.75. The highest BCUT2D eigenvalue weighted by Crippen LogP contribution is 2.21. The van der Waals surface area contributed by atoms with Gasteiger partial charge in [0, 0.05) is 32.3 Å². The molecule has 0 spiro atoms. The molecule has 2 aromatic heterocycles. The van der Waals surface area contributed by atoms with Gasteiger partial charge in [-0.15, -0.1) is 0 Å². The Bertz CT molecular complexity index is 573. The first-order valence-corrected chi connectivity index (χ1v) is 6.33. The van der Waals surface area contributed by atoms with E-state index in [4.69, 9.17) is 0 Å². The average Bonchev–Trinajstić information content (AvgIpc) is 2.67. The lowest BCUT2D eigenvalue weighted by Gasteiger charge is -2.10. The van der Waals surface area contributed by atoms with Crippen LogP contribution in [0, 0.1) is 6.92 Å². The summed E-state index contributed by atoms with van der Waals surface area (Å²) >= 11 is 0. The molecule has 0 radical (unpaired) electrons. The van der Waals surface area contributed by atoms with Crippen molar-refractivity contribution in [3.05, 3.63) is 23.8 Å². The SMILES string of the molecule is CNc1cc(Nc2cn(C)nc2C)nc(C(C)C)n1. The molecule has 2 heterocycles. The van der Waals surface area contributed by atoms with Crippen LogP contribution in [0.4, 0.5) is 17.3 Å². The molecule has 6 nitrogen and oxygen atoms in total. The summed E-state index contributed by atoms with van der Waals surface area (Å²) in [6.45, 7) is 6.12. The van der Waals surface area contributed by atoms with Crippen molar-refractivity contribution >= 4 is 17.3 Å². The van der Waals surface area contributed by atoms with E-state index in [0.717, 1.165) is 28.8 Å². The van der Waals surface area contributed by atoms with E-state index in [2.05, 4.69) is 39.5 Å². The smallest absolute Gasteiger partial charge is 0.136 e. The molecule has 0 aliphatic carbocycles. The molecule has 0 bridgehead atoms. The van der Waals surface area contributed by atoms with Crippen molar-refractivity contribution in [3.63, 3.8) is 0 Å². The Balaban J connectivity index is 2.34. The summed E-state index contributed by atoms with van der Waals surface area (Å²) in [6, 6.07) is 1.89. The zero-order chi connectivity index (χ0) is 14.0. The van der Waals surface area contributed by atoms with Crippen LogP contribution in [0.1, 0.15) is 31.3 Å². The van der Waals surface area contributed by atoms with Gasteiger partial charge in [-0.3, -0.25) is 4.68 Å². The molecule has 0 saturated heterocycles. The average molecular weight is 260 g/mol. The second-order valence-electron chi connectivity index (χ2n) is 4.83. The molecule has 6 heteroatoms. The van der Waals surface area contributed by atoms with Crippen molar-refractivity contribution in [3.8, 4) is 0 Å². The van der Waals surface area contributed by atoms with Crippen LogP contribution in [0.25, 0.3) is 0 Å². The van der Waals surface area contributed by atoms with Crippen molar-refractivity contribution in [2.45, 2.75) is 26.7 Å². The van der Waals surface area contributed by atoms with E-state index in [1.807, 2.05) is 33.3 Å². The molecule has 2 rings (SSSR count). The Morgan fingerprint density at radius 1 is 1.21 bits per heavy atom. The van der Waals surface area contributed by atoms with E-state index in [9.17, 15) is 0 Å². The van der Waals surface area contributed by atoms with Crippen LogP contribution in [0.3, 0.4) is 0 Å². The minimum absolute atomic E-state index is 0.281. The third-order valence-corrected chi connectivity index (χ3v) is 2.79. The molecule has 19 heavy (non-hydrogen) atoms. The van der Waals surface area contributed by atoms with Crippen molar-refractivity contribution in [1.29, 1.82) is 0 Å². The van der Waals surface area contributed by atoms with Gasteiger partial charge in [0.2, 0.25) is 0 Å². The zero-order valence-corrected chi connectivity index (χ0v) is 12.0. The molecule has 0 amide bonds. The van der Waals surface area contributed by atoms with Gasteiger partial charge in [0.25, 0.3) is 0 Å². The van der Waals surface area contributed by atoms with E-state index in [0.29, 0.717) is 0 Å². The molecular weight excluding hydrogens is 240 g/mol. The van der Waals surface area contributed by atoms with Gasteiger partial charge in [0.1, 0.15) is 17.5 Å². The van der Waals surface area contributed by atoms with Crippen molar-refractivity contribution in [2.75, 3.05) is 17.7 Å². The molecule has 102 valence electrons. The largest absolute Gasteiger partial charge is 0.373 e. The zero-order valence-electron chi connectivity index (χ0n) is 12.0. The maximum atomic E-state index is 4.53. The van der Waals surface area contributed by atoms with Gasteiger partial charge < -0.3 is 10.6 Å². The van der Waals surface area contributed by atoms with E-state index >= 15 is 0 Å². The summed E-state index contributed by atoms with van der Waals surface area (Å²) in [6.07, 6.45) is 1.94. The first kappa shape index (κ1) is 13.3. The normalized spacial score (nSPS) is 10.8. The monoisotopic (exact) mass is 260 g/mol. The minimum atomic E-state index is 0.281. The van der Waals surface area contributed by atoms with Gasteiger partial charge in [0.15, 0.2) is 0 Å². The lowest BCUT2D eigenvalue weighted by molar-refractivity contribution is 0.756. The Hall–Kier alpha value is -2.11. The van der Waals surface area contributed by atoms with E-state index in [1.165, 1.54) is 0 Å². The Labute approximate surface area is 113 Å². The van der Waals surface area contributed by atoms with Crippen LogP contribution in [0.15, 0.2) is 12.3 Å². The van der Waals surface area contributed by atoms with E-state index < -0.39 is 0 Å². The van der Waals surface area contributed by atoms with Crippen molar-refractivity contribution < 1.29 is 0 Å². The lowest BCUT2D eigenvalue weighted by atomic mass is 10.2. The maximum absolute atomic E-state index is 4.53. The molecule has 0 atom stereocenters. The number of hydrogen-bond acceptors (Lipinski definition) is 5. The first-order chi connectivity index (χ1) is 8.99. The summed E-state index contributed by atoms with van der Waals surface area (Å²) in [5, 5.41) is 10.6. The van der Waals surface area contributed by atoms with E-state index in [1.54, 1.807) is 4.68 Å². The fourth-order valence-corrected chi connectivity index (χ4v) is 1.78. The third kappa shape index (κ3) is 3.01. The van der Waals surface area contributed by atoms with Crippen molar-refractivity contribution in [1.82, 2.24) is 19.7 Å². The van der Waals surface area contributed by atoms with Crippen LogP contribution in [0.2, 0.25) is 0 Å². The van der Waals surface area contributed by atoms with Gasteiger partial charge in [0.05, 0.1) is 11.4 Å². The molecule has 0 unspecified atom stereocenters. The topological polar surface area (TPSA) is 67.7 Å². The summed E-state index contributed by atoms with van der Waals surface area (Å²) in [4.78, 5) is 8.96. The second kappa shape index (κ2) is 5.26. The number of nitrogens with zero attached hydrogens (tertiary/aromatic N) is 4. The van der Waals surface area contributed by atoms with Gasteiger partial charge in [-0.2, -0.15) is 5.10 Å². The van der Waals surface area contributed by atoms with Gasteiger partial charge >= 0.3 is 0 Å². The maximum Gasteiger partial charge on any atom is 0.136 e. The number of aromatic nitrogens is 4. The molecule has 0 aliphatic heterocycles. The predicted octanol–water partition coefficient (Wildman–Crippen LogP) is 2.43. The number of aryl methyl sites for hydroxylation is 2. The van der Waals surface area contributed by atoms with E-state index in [-0.39, 0.29) is 5.92 Å². The molecule has 0 fully saturated rings. The van der Waals surface area contributed by atoms with Crippen LogP contribution in [0.5, 0.6) is 0 Å². The van der Waals surface area contributed by atoms with Gasteiger partial charge in [-0.25, -0.2) is 9.97 Å². The second-order valence-corrected chi connectivity index (χ2v) is 4.83. The standard InChI is InChI=1S/C13H20N6/c1-8(2)13-16-11(14-4)6-12(17-13)15-10-7-19(5)18-9(10)3/h6-8H,1-5H3,(H2,14,15,16,17). The molecule has 0 aliphatic rings. The Morgan fingerprint density at radius 2 is 1.89 bits per heavy atom. The molecule has 2 aromatic rings. The Morgan fingerprint density at radius 3 is 2.42 bits per heavy atom. The number of rotatable bonds is 4. The van der Waals surface area contributed by atoms with Gasteiger partial charge in [-0.1, -0.05) is 13.8 Å². The summed E-state index contributed by atoms with van der Waals surface area (Å²) < 4.78 is 1.78. The predicted molar refractivity (Wildman–Crippen MR) is 76.9 cm³/mol. The van der Waals surface area contributed by atoms with Crippen LogP contribution in [-0.2, 0) is 7.05 Å². The number of hydrogen-bond donors (Lipinski definition) is 2. The molecule has 2 N–H and O–H groups in total. The van der Waals surface area contributed by atoms with Crippen LogP contribution < -0.4 is 10.6 Å². The highest BCUT2D eigenvalue weighted by molar-refractivity contribution is 5.60. The quantitative estimate of drug-likeness (QED) is 0.883.